The van der Waals surface area contributed by atoms with Gasteiger partial charge in [-0.1, -0.05) is 42.8 Å². The maximum Gasteiger partial charge on any atom is 0.326 e. The first-order valence-corrected chi connectivity index (χ1v) is 14.9. The number of hydrogen-bond acceptors (Lipinski definition) is 8. The van der Waals surface area contributed by atoms with Crippen molar-refractivity contribution >= 4 is 29.7 Å². The van der Waals surface area contributed by atoms with Crippen LogP contribution >= 0.6 is 0 Å². The lowest BCUT2D eigenvalue weighted by molar-refractivity contribution is -0.142. The number of nitrogens with one attached hydrogen (secondary N) is 3. The summed E-state index contributed by atoms with van der Waals surface area (Å²) >= 11 is 0. The number of phenolic OH excluding ortho intramolecular Hbond substituents is 1. The largest absolute Gasteiger partial charge is 0.508 e. The van der Waals surface area contributed by atoms with Gasteiger partial charge in [-0.25, -0.2) is 4.79 Å². The zero-order valence-electron chi connectivity index (χ0n) is 25.6. The van der Waals surface area contributed by atoms with Gasteiger partial charge < -0.3 is 49.1 Å². The van der Waals surface area contributed by atoms with Gasteiger partial charge >= 0.3 is 5.97 Å². The van der Waals surface area contributed by atoms with Crippen LogP contribution in [0.15, 0.2) is 53.5 Å². The van der Waals surface area contributed by atoms with E-state index in [1.165, 1.54) is 12.1 Å². The lowest BCUT2D eigenvalue weighted by Crippen LogP contribution is -2.57. The number of aliphatic carboxylic acids is 1. The third-order valence-electron chi connectivity index (χ3n) is 7.16. The number of aryl methyl sites for hydroxylation is 1. The normalized spacial score (nSPS) is 13.5. The van der Waals surface area contributed by atoms with E-state index in [0.717, 1.165) is 5.56 Å². The monoisotopic (exact) mass is 626 g/mol. The maximum absolute atomic E-state index is 13.6. The van der Waals surface area contributed by atoms with E-state index in [4.69, 9.17) is 22.9 Å². The van der Waals surface area contributed by atoms with Gasteiger partial charge in [-0.2, -0.15) is 0 Å². The number of carboxylic acids is 1. The summed E-state index contributed by atoms with van der Waals surface area (Å²) in [6, 6.07) is 9.08. The van der Waals surface area contributed by atoms with Crippen LogP contribution in [0.4, 0.5) is 0 Å². The van der Waals surface area contributed by atoms with E-state index in [-0.39, 0.29) is 43.9 Å². The van der Waals surface area contributed by atoms with Crippen LogP contribution in [0.1, 0.15) is 48.8 Å². The second-order valence-corrected chi connectivity index (χ2v) is 10.9. The molecule has 14 heteroatoms. The number of carboxylic acid groups (broad SMARTS) is 1. The van der Waals surface area contributed by atoms with Crippen molar-refractivity contribution in [3.63, 3.8) is 0 Å². The number of hydrogen-bond donors (Lipinski definition) is 9. The number of phenols is 1. The van der Waals surface area contributed by atoms with E-state index >= 15 is 0 Å². The van der Waals surface area contributed by atoms with Crippen molar-refractivity contribution in [2.75, 3.05) is 13.1 Å². The molecule has 0 aromatic heterocycles. The third kappa shape index (κ3) is 13.2. The zero-order valence-corrected chi connectivity index (χ0v) is 25.6. The summed E-state index contributed by atoms with van der Waals surface area (Å²) in [6.45, 7) is 2.35. The standard InChI is InChI=1S/C31H46N8O6/c1-19-16-22(40)13-12-21(19)18-26(30(44)45)39-28(42)24(11-7-15-36-31(34)35)37-29(43)25(17-20-8-3-2-4-9-20)38-27(41)23(33)10-5-6-14-32/h2-4,8-9,12-13,16,23-26,40H,5-7,10-11,14-15,17-18,32-33H2,1H3,(H,37,43)(H,38,41)(H,39,42)(H,44,45)(H4,34,35,36). The Morgan fingerprint density at radius 3 is 2.09 bits per heavy atom. The first-order valence-electron chi connectivity index (χ1n) is 14.9. The van der Waals surface area contributed by atoms with E-state index in [0.29, 0.717) is 36.9 Å². The van der Waals surface area contributed by atoms with Crippen LogP contribution in [0.2, 0.25) is 0 Å². The Morgan fingerprint density at radius 2 is 1.47 bits per heavy atom. The van der Waals surface area contributed by atoms with Crippen molar-refractivity contribution in [2.45, 2.75) is 76.0 Å². The molecule has 2 aromatic carbocycles. The van der Waals surface area contributed by atoms with Crippen molar-refractivity contribution in [2.24, 2.45) is 27.9 Å². The maximum atomic E-state index is 13.6. The summed E-state index contributed by atoms with van der Waals surface area (Å²) in [5.41, 5.74) is 24.4. The number of aliphatic imine (C=N–C) groups is 1. The molecule has 246 valence electrons. The Morgan fingerprint density at radius 1 is 0.822 bits per heavy atom. The highest BCUT2D eigenvalue weighted by Gasteiger charge is 2.30. The number of nitrogens with two attached hydrogens (primary N) is 4. The molecule has 13 N–H and O–H groups in total. The predicted molar refractivity (Wildman–Crippen MR) is 171 cm³/mol. The first kappa shape index (κ1) is 36.5. The Bertz CT molecular complexity index is 1300. The molecule has 3 amide bonds. The molecule has 2 rings (SSSR count). The molecule has 0 heterocycles. The highest BCUT2D eigenvalue weighted by atomic mass is 16.4. The highest BCUT2D eigenvalue weighted by Crippen LogP contribution is 2.17. The molecular formula is C31H46N8O6. The van der Waals surface area contributed by atoms with Crippen LogP contribution in [0.25, 0.3) is 0 Å². The highest BCUT2D eigenvalue weighted by molar-refractivity contribution is 5.94. The lowest BCUT2D eigenvalue weighted by Gasteiger charge is -2.25. The molecule has 0 fully saturated rings. The number of carbonyl (C=O) groups excluding carboxylic acids is 3. The molecule has 14 nitrogen and oxygen atoms in total. The topological polar surface area (TPSA) is 261 Å². The molecule has 0 bridgehead atoms. The Balaban J connectivity index is 2.27. The molecule has 0 radical (unpaired) electrons. The third-order valence-corrected chi connectivity index (χ3v) is 7.16. The van der Waals surface area contributed by atoms with E-state index in [2.05, 4.69) is 20.9 Å². The van der Waals surface area contributed by atoms with Crippen LogP contribution in [0.5, 0.6) is 5.75 Å². The van der Waals surface area contributed by atoms with Crippen molar-refractivity contribution < 1.29 is 29.4 Å². The predicted octanol–water partition coefficient (Wildman–Crippen LogP) is -0.465. The Kier molecular flexibility index (Phi) is 15.3. The second-order valence-electron chi connectivity index (χ2n) is 10.9. The first-order chi connectivity index (χ1) is 21.4. The molecule has 0 aliphatic heterocycles. The molecule has 2 aromatic rings. The lowest BCUT2D eigenvalue weighted by atomic mass is 10.00. The smallest absolute Gasteiger partial charge is 0.326 e. The molecule has 4 atom stereocenters. The number of guanidine groups is 1. The van der Waals surface area contributed by atoms with Gasteiger partial charge in [-0.05, 0) is 68.0 Å². The second kappa shape index (κ2) is 18.9. The van der Waals surface area contributed by atoms with Crippen molar-refractivity contribution in [3.05, 3.63) is 65.2 Å². The summed E-state index contributed by atoms with van der Waals surface area (Å²) in [4.78, 5) is 56.1. The average Bonchev–Trinajstić information content (AvgIpc) is 2.99. The van der Waals surface area contributed by atoms with Gasteiger partial charge in [0.15, 0.2) is 5.96 Å². The summed E-state index contributed by atoms with van der Waals surface area (Å²) in [7, 11) is 0. The molecule has 0 aliphatic rings. The van der Waals surface area contributed by atoms with Crippen LogP contribution < -0.4 is 38.9 Å². The van der Waals surface area contributed by atoms with Gasteiger partial charge in [-0.3, -0.25) is 19.4 Å². The number of rotatable bonds is 19. The summed E-state index contributed by atoms with van der Waals surface area (Å²) in [5.74, 6) is -3.29. The van der Waals surface area contributed by atoms with E-state index in [1.807, 2.05) is 6.07 Å². The van der Waals surface area contributed by atoms with E-state index < -0.39 is 47.9 Å². The summed E-state index contributed by atoms with van der Waals surface area (Å²) < 4.78 is 0. The van der Waals surface area contributed by atoms with Crippen molar-refractivity contribution in [1.82, 2.24) is 16.0 Å². The van der Waals surface area contributed by atoms with Crippen molar-refractivity contribution in [1.29, 1.82) is 0 Å². The molecule has 45 heavy (non-hydrogen) atoms. The fraction of sp³-hybridized carbons (Fsp3) is 0.452. The number of amides is 3. The molecule has 0 aliphatic carbocycles. The van der Waals surface area contributed by atoms with Crippen LogP contribution in [0.3, 0.4) is 0 Å². The van der Waals surface area contributed by atoms with Gasteiger partial charge in [0.05, 0.1) is 6.04 Å². The molecule has 0 saturated heterocycles. The molecular weight excluding hydrogens is 580 g/mol. The summed E-state index contributed by atoms with van der Waals surface area (Å²) in [6.07, 6.45) is 2.15. The Hall–Kier alpha value is -4.69. The number of unbranched alkanes of at least 4 members (excludes halogenated alkanes) is 1. The average molecular weight is 627 g/mol. The molecule has 4 unspecified atom stereocenters. The molecule has 0 spiro atoms. The van der Waals surface area contributed by atoms with Gasteiger partial charge in [0.1, 0.15) is 23.9 Å². The van der Waals surface area contributed by atoms with Gasteiger partial charge in [-0.15, -0.1) is 0 Å². The number of benzene rings is 2. The molecule has 0 saturated carbocycles. The fourth-order valence-corrected chi connectivity index (χ4v) is 4.62. The van der Waals surface area contributed by atoms with Crippen LogP contribution in [0, 0.1) is 6.92 Å². The Labute approximate surface area is 263 Å². The zero-order chi connectivity index (χ0) is 33.4. The minimum atomic E-state index is -1.33. The van der Waals surface area contributed by atoms with Gasteiger partial charge in [0.2, 0.25) is 17.7 Å². The van der Waals surface area contributed by atoms with Gasteiger partial charge in [0.25, 0.3) is 0 Å². The van der Waals surface area contributed by atoms with Crippen molar-refractivity contribution in [3.8, 4) is 5.75 Å². The number of carbonyl (C=O) groups is 4. The van der Waals surface area contributed by atoms with Gasteiger partial charge in [0, 0.05) is 19.4 Å². The quantitative estimate of drug-likeness (QED) is 0.0550. The number of nitrogens with zero attached hydrogens (tertiary/aromatic N) is 1. The van der Waals surface area contributed by atoms with Crippen LogP contribution in [-0.4, -0.2) is 77.1 Å². The fourth-order valence-electron chi connectivity index (χ4n) is 4.62. The number of aromatic hydroxyl groups is 1. The van der Waals surface area contributed by atoms with Crippen LogP contribution in [-0.2, 0) is 32.0 Å². The van der Waals surface area contributed by atoms with E-state index in [9.17, 15) is 29.4 Å². The van der Waals surface area contributed by atoms with E-state index in [1.54, 1.807) is 37.3 Å². The minimum absolute atomic E-state index is 0.0318. The minimum Gasteiger partial charge on any atom is -0.508 e. The summed E-state index contributed by atoms with van der Waals surface area (Å²) in [5, 5.41) is 27.5. The SMILES string of the molecule is Cc1cc(O)ccc1CC(NC(=O)C(CCCN=C(N)N)NC(=O)C(Cc1ccccc1)NC(=O)C(N)CCCCN)C(=O)O.